The lowest BCUT2D eigenvalue weighted by Gasteiger charge is -2.13. The first-order valence-corrected chi connectivity index (χ1v) is 5.54. The summed E-state index contributed by atoms with van der Waals surface area (Å²) in [5, 5.41) is 0.833. The lowest BCUT2D eigenvalue weighted by molar-refractivity contribution is 0.258. The molecule has 0 N–H and O–H groups in total. The van der Waals surface area contributed by atoms with Gasteiger partial charge in [0.1, 0.15) is 0 Å². The molecule has 0 amide bonds. The highest BCUT2D eigenvalue weighted by Gasteiger charge is 2.54. The lowest BCUT2D eigenvalue weighted by atomic mass is 9.95. The molecule has 4 unspecified atom stereocenters. The topological polar surface area (TPSA) is 12.5 Å². The van der Waals surface area contributed by atoms with E-state index in [0.29, 0.717) is 24.0 Å². The SMILES string of the molecule is CC1CC(c2cccc(Cl)c2)C2OC12. The molecule has 1 heterocycles. The van der Waals surface area contributed by atoms with Crippen LogP contribution in [0.4, 0.5) is 0 Å². The van der Waals surface area contributed by atoms with Gasteiger partial charge in [0.05, 0.1) is 12.2 Å². The van der Waals surface area contributed by atoms with Gasteiger partial charge in [-0.25, -0.2) is 0 Å². The van der Waals surface area contributed by atoms with Gasteiger partial charge in [-0.2, -0.15) is 0 Å². The highest BCUT2D eigenvalue weighted by Crippen LogP contribution is 2.51. The fourth-order valence-electron chi connectivity index (χ4n) is 2.65. The van der Waals surface area contributed by atoms with Gasteiger partial charge >= 0.3 is 0 Å². The van der Waals surface area contributed by atoms with E-state index in [-0.39, 0.29) is 0 Å². The standard InChI is InChI=1S/C12H13ClO/c1-7-5-10(12-11(7)14-12)8-3-2-4-9(13)6-8/h2-4,6-7,10-12H,5H2,1H3. The Labute approximate surface area is 89.0 Å². The van der Waals surface area contributed by atoms with E-state index in [1.807, 2.05) is 12.1 Å². The van der Waals surface area contributed by atoms with Crippen LogP contribution in [0.15, 0.2) is 24.3 Å². The highest BCUT2D eigenvalue weighted by atomic mass is 35.5. The van der Waals surface area contributed by atoms with E-state index in [1.54, 1.807) is 0 Å². The molecule has 1 nitrogen and oxygen atoms in total. The van der Waals surface area contributed by atoms with Crippen LogP contribution in [0.3, 0.4) is 0 Å². The van der Waals surface area contributed by atoms with Gasteiger partial charge < -0.3 is 4.74 Å². The third-order valence-electron chi connectivity index (χ3n) is 3.42. The fourth-order valence-corrected chi connectivity index (χ4v) is 2.85. The Hall–Kier alpha value is -0.530. The molecule has 0 aromatic heterocycles. The van der Waals surface area contributed by atoms with Gasteiger partial charge in [-0.15, -0.1) is 0 Å². The Bertz CT molecular complexity index is 363. The van der Waals surface area contributed by atoms with Gasteiger partial charge in [-0.05, 0) is 30.0 Å². The van der Waals surface area contributed by atoms with Crippen molar-refractivity contribution in [2.45, 2.75) is 31.5 Å². The molecule has 2 heteroatoms. The second-order valence-corrected chi connectivity index (χ2v) is 4.88. The van der Waals surface area contributed by atoms with Crippen molar-refractivity contribution < 1.29 is 4.74 Å². The summed E-state index contributed by atoms with van der Waals surface area (Å²) in [5.74, 6) is 1.29. The van der Waals surface area contributed by atoms with Crippen LogP contribution in [-0.2, 0) is 4.74 Å². The predicted octanol–water partition coefficient (Wildman–Crippen LogP) is 3.23. The minimum absolute atomic E-state index is 0.475. The summed E-state index contributed by atoms with van der Waals surface area (Å²) in [6.45, 7) is 2.27. The van der Waals surface area contributed by atoms with Crippen molar-refractivity contribution in [2.24, 2.45) is 5.92 Å². The molecule has 2 aliphatic rings. The smallest absolute Gasteiger partial charge is 0.0913 e. The zero-order valence-electron chi connectivity index (χ0n) is 8.11. The summed E-state index contributed by atoms with van der Waals surface area (Å²) in [6, 6.07) is 8.18. The number of halogens is 1. The van der Waals surface area contributed by atoms with Crippen molar-refractivity contribution in [3.63, 3.8) is 0 Å². The third kappa shape index (κ3) is 1.27. The van der Waals surface area contributed by atoms with Crippen LogP contribution in [-0.4, -0.2) is 12.2 Å². The minimum Gasteiger partial charge on any atom is -0.369 e. The Morgan fingerprint density at radius 3 is 2.79 bits per heavy atom. The van der Waals surface area contributed by atoms with E-state index in [1.165, 1.54) is 12.0 Å². The average molecular weight is 209 g/mol. The first-order chi connectivity index (χ1) is 6.75. The van der Waals surface area contributed by atoms with Crippen LogP contribution in [0.2, 0.25) is 5.02 Å². The molecule has 1 aliphatic heterocycles. The zero-order valence-corrected chi connectivity index (χ0v) is 8.87. The number of epoxide rings is 1. The number of benzene rings is 1. The number of fused-ring (bicyclic) bond motifs is 1. The van der Waals surface area contributed by atoms with Crippen molar-refractivity contribution in [1.29, 1.82) is 0 Å². The first-order valence-electron chi connectivity index (χ1n) is 5.16. The van der Waals surface area contributed by atoms with E-state index >= 15 is 0 Å². The zero-order chi connectivity index (χ0) is 9.71. The molecule has 0 radical (unpaired) electrons. The average Bonchev–Trinajstić information content (AvgIpc) is 2.88. The maximum Gasteiger partial charge on any atom is 0.0913 e. The number of ether oxygens (including phenoxy) is 1. The molecule has 1 saturated carbocycles. The molecule has 1 saturated heterocycles. The van der Waals surface area contributed by atoms with Crippen LogP contribution in [0.1, 0.15) is 24.8 Å². The molecule has 2 fully saturated rings. The quantitative estimate of drug-likeness (QED) is 0.646. The normalized spacial score (nSPS) is 39.6. The van der Waals surface area contributed by atoms with Crippen LogP contribution >= 0.6 is 11.6 Å². The Balaban J connectivity index is 1.89. The van der Waals surface area contributed by atoms with Gasteiger partial charge in [-0.3, -0.25) is 0 Å². The predicted molar refractivity (Wildman–Crippen MR) is 56.6 cm³/mol. The fraction of sp³-hybridized carbons (Fsp3) is 0.500. The number of hydrogen-bond acceptors (Lipinski definition) is 1. The summed E-state index contributed by atoms with van der Waals surface area (Å²) in [4.78, 5) is 0. The van der Waals surface area contributed by atoms with Crippen molar-refractivity contribution >= 4 is 11.6 Å². The third-order valence-corrected chi connectivity index (χ3v) is 3.66. The monoisotopic (exact) mass is 208 g/mol. The molecular formula is C12H13ClO. The van der Waals surface area contributed by atoms with Gasteiger partial charge in [0.25, 0.3) is 0 Å². The van der Waals surface area contributed by atoms with Gasteiger partial charge in [-0.1, -0.05) is 30.7 Å². The molecule has 3 rings (SSSR count). The van der Waals surface area contributed by atoms with Crippen LogP contribution < -0.4 is 0 Å². The Morgan fingerprint density at radius 2 is 2.21 bits per heavy atom. The molecule has 0 bridgehead atoms. The Kier molecular flexibility index (Phi) is 1.86. The van der Waals surface area contributed by atoms with Crippen molar-refractivity contribution in [3.8, 4) is 0 Å². The maximum absolute atomic E-state index is 5.98. The van der Waals surface area contributed by atoms with Crippen molar-refractivity contribution in [1.82, 2.24) is 0 Å². The van der Waals surface area contributed by atoms with Crippen LogP contribution in [0, 0.1) is 5.92 Å². The first kappa shape index (κ1) is 8.75. The molecule has 1 aliphatic carbocycles. The molecule has 1 aromatic carbocycles. The van der Waals surface area contributed by atoms with Crippen LogP contribution in [0.25, 0.3) is 0 Å². The second-order valence-electron chi connectivity index (χ2n) is 4.44. The largest absolute Gasteiger partial charge is 0.369 e. The molecular weight excluding hydrogens is 196 g/mol. The summed E-state index contributed by atoms with van der Waals surface area (Å²) < 4.78 is 5.63. The summed E-state index contributed by atoms with van der Waals surface area (Å²) in [6.07, 6.45) is 2.25. The van der Waals surface area contributed by atoms with E-state index in [2.05, 4.69) is 19.1 Å². The van der Waals surface area contributed by atoms with Crippen LogP contribution in [0.5, 0.6) is 0 Å². The van der Waals surface area contributed by atoms with Gasteiger partial charge in [0, 0.05) is 10.9 Å². The Morgan fingerprint density at radius 1 is 1.36 bits per heavy atom. The summed E-state index contributed by atoms with van der Waals surface area (Å²) in [5.41, 5.74) is 1.34. The van der Waals surface area contributed by atoms with Gasteiger partial charge in [0.2, 0.25) is 0 Å². The minimum atomic E-state index is 0.475. The molecule has 14 heavy (non-hydrogen) atoms. The lowest BCUT2D eigenvalue weighted by Crippen LogP contribution is -2.03. The maximum atomic E-state index is 5.98. The number of hydrogen-bond donors (Lipinski definition) is 0. The van der Waals surface area contributed by atoms with Gasteiger partial charge in [0.15, 0.2) is 0 Å². The van der Waals surface area contributed by atoms with E-state index in [4.69, 9.17) is 16.3 Å². The molecule has 0 spiro atoms. The van der Waals surface area contributed by atoms with Crippen molar-refractivity contribution in [3.05, 3.63) is 34.9 Å². The second kappa shape index (κ2) is 2.98. The van der Waals surface area contributed by atoms with E-state index < -0.39 is 0 Å². The number of rotatable bonds is 1. The van der Waals surface area contributed by atoms with E-state index in [0.717, 1.165) is 5.02 Å². The van der Waals surface area contributed by atoms with Crippen molar-refractivity contribution in [2.75, 3.05) is 0 Å². The molecule has 4 atom stereocenters. The summed E-state index contributed by atoms with van der Waals surface area (Å²) >= 11 is 5.98. The molecule has 74 valence electrons. The summed E-state index contributed by atoms with van der Waals surface area (Å²) in [7, 11) is 0. The molecule has 1 aromatic rings. The highest BCUT2D eigenvalue weighted by molar-refractivity contribution is 6.30. The van der Waals surface area contributed by atoms with E-state index in [9.17, 15) is 0 Å².